The summed E-state index contributed by atoms with van der Waals surface area (Å²) >= 11 is 12.2. The highest BCUT2D eigenvalue weighted by Crippen LogP contribution is 2.32. The molecule has 3 heterocycles. The molecular weight excluding hydrogens is 471 g/mol. The highest BCUT2D eigenvalue weighted by atomic mass is 35.5. The fourth-order valence-electron chi connectivity index (χ4n) is 3.38. The molecule has 3 aromatic rings. The zero-order chi connectivity index (χ0) is 20.8. The molecule has 1 aromatic carbocycles. The fraction of sp³-hybridized carbons (Fsp3) is 0.263. The first-order valence-corrected chi connectivity index (χ1v) is 11.5. The molecule has 4 rings (SSSR count). The zero-order valence-electron chi connectivity index (χ0n) is 15.9. The molecule has 0 bridgehead atoms. The Morgan fingerprint density at radius 1 is 1.17 bits per heavy atom. The summed E-state index contributed by atoms with van der Waals surface area (Å²) < 4.78 is 25.2. The second-order valence-electron chi connectivity index (χ2n) is 6.90. The van der Waals surface area contributed by atoms with Gasteiger partial charge in [0.15, 0.2) is 9.84 Å². The number of pyridine rings is 1. The van der Waals surface area contributed by atoms with Crippen molar-refractivity contribution in [1.29, 1.82) is 0 Å². The maximum absolute atomic E-state index is 13.1. The first-order valence-electron chi connectivity index (χ1n) is 8.91. The maximum Gasteiger partial charge on any atom is 0.257 e. The van der Waals surface area contributed by atoms with Crippen LogP contribution in [0.2, 0.25) is 10.0 Å². The third kappa shape index (κ3) is 4.37. The third-order valence-electron chi connectivity index (χ3n) is 4.95. The van der Waals surface area contributed by atoms with Crippen molar-refractivity contribution in [2.75, 3.05) is 29.9 Å². The van der Waals surface area contributed by atoms with E-state index in [0.29, 0.717) is 32.6 Å². The summed E-state index contributed by atoms with van der Waals surface area (Å²) in [7, 11) is -1.22. The van der Waals surface area contributed by atoms with Gasteiger partial charge in [-0.2, -0.15) is 0 Å². The number of fused-ring (bicyclic) bond motifs is 1. The molecule has 0 aliphatic carbocycles. The minimum Gasteiger partial charge on any atom is -0.350 e. The Labute approximate surface area is 190 Å². The van der Waals surface area contributed by atoms with Crippen molar-refractivity contribution in [3.05, 3.63) is 52.3 Å². The minimum absolute atomic E-state index is 0. The van der Waals surface area contributed by atoms with E-state index in [0.717, 1.165) is 5.39 Å². The number of aromatic nitrogens is 2. The van der Waals surface area contributed by atoms with Crippen molar-refractivity contribution >= 4 is 73.8 Å². The molecule has 2 aromatic heterocycles. The highest BCUT2D eigenvalue weighted by Gasteiger charge is 2.28. The number of benzene rings is 1. The summed E-state index contributed by atoms with van der Waals surface area (Å²) in [5.74, 6) is 0.298. The second kappa shape index (κ2) is 8.63. The predicted octanol–water partition coefficient (Wildman–Crippen LogP) is 3.92. The lowest BCUT2D eigenvalue weighted by Gasteiger charge is -2.27. The second-order valence-corrected chi connectivity index (χ2v) is 10.0. The lowest BCUT2D eigenvalue weighted by Crippen LogP contribution is -2.43. The molecule has 0 spiro atoms. The number of hydrogen-bond acceptors (Lipinski definition) is 5. The lowest BCUT2D eigenvalue weighted by molar-refractivity contribution is 0.0771. The van der Waals surface area contributed by atoms with E-state index < -0.39 is 9.84 Å². The van der Waals surface area contributed by atoms with E-state index in [1.54, 1.807) is 23.1 Å². The summed E-state index contributed by atoms with van der Waals surface area (Å²) in [6.45, 7) is 0.376. The lowest BCUT2D eigenvalue weighted by atomic mass is 10.1. The standard InChI is InChI=1S/C19H18Cl2N4O3S.ClH/c1-24-5-4-13-17(24)14(19(26)25-6-8-29(27,28)9-7-25)11-22-18(13)23-16-3-2-12(20)10-15(16)21;/h2-5,10-11H,6-9H2,1H3,(H,22,23);1H. The number of nitrogens with one attached hydrogen (secondary N) is 1. The molecule has 0 radical (unpaired) electrons. The van der Waals surface area contributed by atoms with E-state index in [-0.39, 0.29) is 42.9 Å². The predicted molar refractivity (Wildman–Crippen MR) is 122 cm³/mol. The topological polar surface area (TPSA) is 84.3 Å². The van der Waals surface area contributed by atoms with Gasteiger partial charge in [-0.15, -0.1) is 12.4 Å². The molecule has 1 amide bonds. The van der Waals surface area contributed by atoms with Crippen molar-refractivity contribution < 1.29 is 13.2 Å². The molecule has 0 saturated carbocycles. The summed E-state index contributed by atoms with van der Waals surface area (Å²) in [5.41, 5.74) is 1.79. The number of nitrogens with zero attached hydrogens (tertiary/aromatic N) is 3. The van der Waals surface area contributed by atoms with Crippen LogP contribution in [0.1, 0.15) is 10.4 Å². The van der Waals surface area contributed by atoms with E-state index in [4.69, 9.17) is 23.2 Å². The average molecular weight is 490 g/mol. The Balaban J connectivity index is 0.00000256. The van der Waals surface area contributed by atoms with Gasteiger partial charge in [0.1, 0.15) is 5.82 Å². The van der Waals surface area contributed by atoms with Crippen LogP contribution in [0, 0.1) is 0 Å². The van der Waals surface area contributed by atoms with Gasteiger partial charge in [-0.3, -0.25) is 4.79 Å². The van der Waals surface area contributed by atoms with Crippen molar-refractivity contribution in [2.45, 2.75) is 0 Å². The molecule has 0 atom stereocenters. The average Bonchev–Trinajstić information content (AvgIpc) is 3.06. The number of rotatable bonds is 3. The Morgan fingerprint density at radius 2 is 1.87 bits per heavy atom. The number of halogens is 3. The molecule has 0 unspecified atom stereocenters. The summed E-state index contributed by atoms with van der Waals surface area (Å²) in [6, 6.07) is 6.98. The fourth-order valence-corrected chi connectivity index (χ4v) is 5.03. The monoisotopic (exact) mass is 488 g/mol. The van der Waals surface area contributed by atoms with Crippen LogP contribution in [-0.4, -0.2) is 53.4 Å². The van der Waals surface area contributed by atoms with Crippen LogP contribution in [-0.2, 0) is 16.9 Å². The van der Waals surface area contributed by atoms with E-state index in [1.165, 1.54) is 6.20 Å². The number of aryl methyl sites for hydroxylation is 1. The molecule has 1 saturated heterocycles. The number of sulfone groups is 1. The van der Waals surface area contributed by atoms with Gasteiger partial charge in [0.05, 0.1) is 33.3 Å². The van der Waals surface area contributed by atoms with Crippen molar-refractivity contribution in [3.8, 4) is 0 Å². The minimum atomic E-state index is -3.07. The molecule has 1 aliphatic heterocycles. The number of carbonyl (C=O) groups excluding carboxylic acids is 1. The highest BCUT2D eigenvalue weighted by molar-refractivity contribution is 7.91. The van der Waals surface area contributed by atoms with Crippen LogP contribution >= 0.6 is 35.6 Å². The van der Waals surface area contributed by atoms with Gasteiger partial charge in [-0.25, -0.2) is 13.4 Å². The van der Waals surface area contributed by atoms with Gasteiger partial charge in [-0.1, -0.05) is 23.2 Å². The van der Waals surface area contributed by atoms with E-state index in [9.17, 15) is 13.2 Å². The molecule has 7 nitrogen and oxygen atoms in total. The van der Waals surface area contributed by atoms with Gasteiger partial charge >= 0.3 is 0 Å². The molecular formula is C19H19Cl3N4O3S. The van der Waals surface area contributed by atoms with Crippen LogP contribution in [0.5, 0.6) is 0 Å². The molecule has 1 aliphatic rings. The molecule has 30 heavy (non-hydrogen) atoms. The Morgan fingerprint density at radius 3 is 2.53 bits per heavy atom. The number of hydrogen-bond donors (Lipinski definition) is 1. The van der Waals surface area contributed by atoms with Crippen LogP contribution in [0.15, 0.2) is 36.7 Å². The zero-order valence-corrected chi connectivity index (χ0v) is 19.1. The van der Waals surface area contributed by atoms with Gasteiger partial charge in [0, 0.05) is 42.9 Å². The Hall–Kier alpha value is -2.00. The van der Waals surface area contributed by atoms with E-state index in [2.05, 4.69) is 10.3 Å². The summed E-state index contributed by atoms with van der Waals surface area (Å²) in [5, 5.41) is 4.94. The molecule has 1 N–H and O–H groups in total. The normalized spacial score (nSPS) is 15.6. The van der Waals surface area contributed by atoms with Crippen molar-refractivity contribution in [3.63, 3.8) is 0 Å². The Bertz CT molecular complexity index is 1210. The number of anilines is 2. The van der Waals surface area contributed by atoms with Crippen molar-refractivity contribution in [1.82, 2.24) is 14.5 Å². The van der Waals surface area contributed by atoms with Crippen LogP contribution in [0.4, 0.5) is 11.5 Å². The van der Waals surface area contributed by atoms with Crippen molar-refractivity contribution in [2.24, 2.45) is 7.05 Å². The quantitative estimate of drug-likeness (QED) is 0.603. The number of amides is 1. The first kappa shape index (κ1) is 22.7. The molecule has 160 valence electrons. The SMILES string of the molecule is Cl.Cn1ccc2c(Nc3ccc(Cl)cc3Cl)ncc(C(=O)N3CCS(=O)(=O)CC3)c21. The number of carbonyl (C=O) groups is 1. The third-order valence-corrected chi connectivity index (χ3v) is 7.11. The van der Waals surface area contributed by atoms with E-state index in [1.807, 2.05) is 23.9 Å². The van der Waals surface area contributed by atoms with Gasteiger partial charge < -0.3 is 14.8 Å². The van der Waals surface area contributed by atoms with Crippen LogP contribution < -0.4 is 5.32 Å². The Kier molecular flexibility index (Phi) is 6.52. The van der Waals surface area contributed by atoms with Gasteiger partial charge in [0.2, 0.25) is 0 Å². The molecule has 11 heteroatoms. The molecule has 1 fully saturated rings. The largest absolute Gasteiger partial charge is 0.350 e. The summed E-state index contributed by atoms with van der Waals surface area (Å²) in [4.78, 5) is 19.1. The first-order chi connectivity index (χ1) is 13.7. The van der Waals surface area contributed by atoms with Crippen LogP contribution in [0.3, 0.4) is 0 Å². The summed E-state index contributed by atoms with van der Waals surface area (Å²) in [6.07, 6.45) is 3.36. The van der Waals surface area contributed by atoms with E-state index >= 15 is 0 Å². The van der Waals surface area contributed by atoms with Gasteiger partial charge in [-0.05, 0) is 24.3 Å². The van der Waals surface area contributed by atoms with Crippen LogP contribution in [0.25, 0.3) is 10.9 Å². The maximum atomic E-state index is 13.1. The van der Waals surface area contributed by atoms with Gasteiger partial charge in [0.25, 0.3) is 5.91 Å². The smallest absolute Gasteiger partial charge is 0.257 e.